The highest BCUT2D eigenvalue weighted by Gasteiger charge is 2.06. The van der Waals surface area contributed by atoms with E-state index in [1.807, 2.05) is 0 Å². The topological polar surface area (TPSA) is 12.0 Å². The Morgan fingerprint density at radius 2 is 1.73 bits per heavy atom. The van der Waals surface area contributed by atoms with Gasteiger partial charge >= 0.3 is 0 Å². The van der Waals surface area contributed by atoms with Crippen LogP contribution < -0.4 is 5.32 Å². The van der Waals surface area contributed by atoms with Crippen molar-refractivity contribution < 1.29 is 0 Å². The number of alkyl halides is 1. The molecule has 0 rings (SSSR count). The van der Waals surface area contributed by atoms with Crippen LogP contribution in [0.5, 0.6) is 0 Å². The van der Waals surface area contributed by atoms with Crippen molar-refractivity contribution in [1.82, 2.24) is 5.32 Å². The lowest BCUT2D eigenvalue weighted by atomic mass is 10.1. The summed E-state index contributed by atoms with van der Waals surface area (Å²) in [6.45, 7) is 7.68. The molecule has 0 amide bonds. The number of halogens is 1. The van der Waals surface area contributed by atoms with Gasteiger partial charge in [-0.3, -0.25) is 0 Å². The third-order valence-corrected chi connectivity index (χ3v) is 1.73. The molecule has 0 aliphatic rings. The summed E-state index contributed by atoms with van der Waals surface area (Å²) in [7, 11) is 0. The number of nitrogens with one attached hydrogen (secondary N) is 1. The van der Waals surface area contributed by atoms with Crippen molar-refractivity contribution in [3.05, 3.63) is 0 Å². The average Bonchev–Trinajstić information content (AvgIpc) is 1.85. The van der Waals surface area contributed by atoms with Crippen LogP contribution in [0.2, 0.25) is 0 Å². The van der Waals surface area contributed by atoms with Crippen molar-refractivity contribution in [3.63, 3.8) is 0 Å². The molecule has 0 unspecified atom stereocenters. The zero-order chi connectivity index (χ0) is 8.74. The van der Waals surface area contributed by atoms with Crippen LogP contribution in [0.3, 0.4) is 0 Å². The summed E-state index contributed by atoms with van der Waals surface area (Å²) >= 11 is 5.55. The van der Waals surface area contributed by atoms with Crippen LogP contribution in [0.15, 0.2) is 0 Å². The number of hydrogen-bond donors (Lipinski definition) is 1. The van der Waals surface area contributed by atoms with Crippen LogP contribution in [0, 0.1) is 0 Å². The number of rotatable bonds is 5. The number of hydrogen-bond acceptors (Lipinski definition) is 1. The van der Waals surface area contributed by atoms with Gasteiger partial charge in [0.1, 0.15) is 0 Å². The Kier molecular flexibility index (Phi) is 5.98. The van der Waals surface area contributed by atoms with Crippen LogP contribution >= 0.6 is 11.6 Å². The minimum Gasteiger partial charge on any atom is -0.312 e. The third kappa shape index (κ3) is 10.2. The van der Waals surface area contributed by atoms with Crippen molar-refractivity contribution in [2.45, 2.75) is 45.6 Å². The molecule has 0 aromatic heterocycles. The molecular weight excluding hydrogens is 158 g/mol. The normalized spacial score (nSPS) is 12.0. The Hall–Kier alpha value is 0.250. The van der Waals surface area contributed by atoms with E-state index in [4.69, 9.17) is 11.6 Å². The second-order valence-electron chi connectivity index (χ2n) is 3.93. The Balaban J connectivity index is 3.02. The predicted molar refractivity (Wildman–Crippen MR) is 52.3 cm³/mol. The Bertz CT molecular complexity index is 86.1. The first kappa shape index (κ1) is 11.2. The molecular formula is C9H20ClN. The molecule has 0 bridgehead atoms. The average molecular weight is 178 g/mol. The quantitative estimate of drug-likeness (QED) is 0.503. The fourth-order valence-corrected chi connectivity index (χ4v) is 1.05. The minimum atomic E-state index is 0.265. The highest BCUT2D eigenvalue weighted by atomic mass is 35.5. The van der Waals surface area contributed by atoms with Gasteiger partial charge < -0.3 is 5.32 Å². The van der Waals surface area contributed by atoms with E-state index in [2.05, 4.69) is 26.1 Å². The number of unbranched alkanes of at least 4 members (excludes halogenated alkanes) is 2. The van der Waals surface area contributed by atoms with Crippen molar-refractivity contribution in [2.24, 2.45) is 0 Å². The summed E-state index contributed by atoms with van der Waals surface area (Å²) in [6, 6.07) is 0. The lowest BCUT2D eigenvalue weighted by Gasteiger charge is -2.20. The third-order valence-electron chi connectivity index (χ3n) is 1.47. The minimum absolute atomic E-state index is 0.265. The Morgan fingerprint density at radius 1 is 1.09 bits per heavy atom. The second kappa shape index (κ2) is 5.84. The fourth-order valence-electron chi connectivity index (χ4n) is 0.860. The van der Waals surface area contributed by atoms with E-state index in [-0.39, 0.29) is 5.54 Å². The Labute approximate surface area is 75.5 Å². The van der Waals surface area contributed by atoms with Gasteiger partial charge in [-0.05, 0) is 40.2 Å². The van der Waals surface area contributed by atoms with E-state index in [1.165, 1.54) is 12.8 Å². The molecule has 0 saturated carbocycles. The standard InChI is InChI=1S/C9H20ClN/c1-9(2,3)11-8-6-4-5-7-10/h11H,4-8H2,1-3H3. The lowest BCUT2D eigenvalue weighted by Crippen LogP contribution is -2.36. The molecule has 0 radical (unpaired) electrons. The smallest absolute Gasteiger partial charge is 0.0223 e. The summed E-state index contributed by atoms with van der Waals surface area (Å²) in [6.07, 6.45) is 3.63. The first-order valence-electron chi connectivity index (χ1n) is 4.37. The molecule has 0 saturated heterocycles. The first-order valence-corrected chi connectivity index (χ1v) is 4.91. The van der Waals surface area contributed by atoms with E-state index >= 15 is 0 Å². The molecule has 0 heterocycles. The highest BCUT2D eigenvalue weighted by Crippen LogP contribution is 2.00. The Morgan fingerprint density at radius 3 is 2.18 bits per heavy atom. The van der Waals surface area contributed by atoms with E-state index in [0.29, 0.717) is 0 Å². The van der Waals surface area contributed by atoms with Gasteiger partial charge in [0.2, 0.25) is 0 Å². The van der Waals surface area contributed by atoms with Crippen molar-refractivity contribution in [1.29, 1.82) is 0 Å². The van der Waals surface area contributed by atoms with Crippen LogP contribution in [0.4, 0.5) is 0 Å². The molecule has 68 valence electrons. The zero-order valence-electron chi connectivity index (χ0n) is 7.91. The maximum atomic E-state index is 5.55. The molecule has 0 aliphatic heterocycles. The van der Waals surface area contributed by atoms with E-state index in [9.17, 15) is 0 Å². The van der Waals surface area contributed by atoms with Gasteiger partial charge in [-0.15, -0.1) is 11.6 Å². The van der Waals surface area contributed by atoms with Gasteiger partial charge in [-0.1, -0.05) is 6.42 Å². The maximum absolute atomic E-state index is 5.55. The van der Waals surface area contributed by atoms with E-state index in [1.54, 1.807) is 0 Å². The molecule has 0 atom stereocenters. The maximum Gasteiger partial charge on any atom is 0.0223 e. The molecule has 0 aromatic carbocycles. The van der Waals surface area contributed by atoms with Gasteiger partial charge in [0.25, 0.3) is 0 Å². The summed E-state index contributed by atoms with van der Waals surface area (Å²) in [5, 5.41) is 3.44. The molecule has 0 aliphatic carbocycles. The molecule has 0 spiro atoms. The summed E-state index contributed by atoms with van der Waals surface area (Å²) in [4.78, 5) is 0. The van der Waals surface area contributed by atoms with Crippen molar-refractivity contribution >= 4 is 11.6 Å². The van der Waals surface area contributed by atoms with Crippen molar-refractivity contribution in [2.75, 3.05) is 12.4 Å². The van der Waals surface area contributed by atoms with Crippen molar-refractivity contribution in [3.8, 4) is 0 Å². The molecule has 2 heteroatoms. The van der Waals surface area contributed by atoms with Crippen LogP contribution in [-0.4, -0.2) is 18.0 Å². The summed E-state index contributed by atoms with van der Waals surface area (Å²) in [5.74, 6) is 0.801. The van der Waals surface area contributed by atoms with Crippen LogP contribution in [0.25, 0.3) is 0 Å². The van der Waals surface area contributed by atoms with Gasteiger partial charge in [0, 0.05) is 11.4 Å². The SMILES string of the molecule is CC(C)(C)NCCCCCCl. The second-order valence-corrected chi connectivity index (χ2v) is 4.30. The molecule has 1 nitrogen and oxygen atoms in total. The molecule has 0 fully saturated rings. The zero-order valence-corrected chi connectivity index (χ0v) is 8.67. The van der Waals surface area contributed by atoms with Crippen LogP contribution in [-0.2, 0) is 0 Å². The molecule has 11 heavy (non-hydrogen) atoms. The van der Waals surface area contributed by atoms with Gasteiger partial charge in [-0.25, -0.2) is 0 Å². The molecule has 1 N–H and O–H groups in total. The predicted octanol–water partition coefficient (Wildman–Crippen LogP) is 2.78. The highest BCUT2D eigenvalue weighted by molar-refractivity contribution is 6.17. The summed E-state index contributed by atoms with van der Waals surface area (Å²) < 4.78 is 0. The fraction of sp³-hybridized carbons (Fsp3) is 1.00. The van der Waals surface area contributed by atoms with E-state index < -0.39 is 0 Å². The monoisotopic (exact) mass is 177 g/mol. The summed E-state index contributed by atoms with van der Waals surface area (Å²) in [5.41, 5.74) is 0.265. The van der Waals surface area contributed by atoms with Crippen LogP contribution in [0.1, 0.15) is 40.0 Å². The van der Waals surface area contributed by atoms with E-state index in [0.717, 1.165) is 18.8 Å². The van der Waals surface area contributed by atoms with Gasteiger partial charge in [0.15, 0.2) is 0 Å². The first-order chi connectivity index (χ1) is 5.06. The van der Waals surface area contributed by atoms with Gasteiger partial charge in [0.05, 0.1) is 0 Å². The lowest BCUT2D eigenvalue weighted by molar-refractivity contribution is 0.418. The van der Waals surface area contributed by atoms with Gasteiger partial charge in [-0.2, -0.15) is 0 Å². The largest absolute Gasteiger partial charge is 0.312 e. The molecule has 0 aromatic rings.